The molecule has 25 heavy (non-hydrogen) atoms. The summed E-state index contributed by atoms with van der Waals surface area (Å²) in [5.41, 5.74) is 1.23. The maximum absolute atomic E-state index is 5.04. The van der Waals surface area contributed by atoms with Crippen molar-refractivity contribution in [2.45, 2.75) is 22.8 Å². The summed E-state index contributed by atoms with van der Waals surface area (Å²) in [5.74, 6) is 0.814. The molecule has 4 nitrogen and oxygen atoms in total. The normalized spacial score (nSPS) is 10.9. The molecule has 0 aliphatic rings. The van der Waals surface area contributed by atoms with Crippen LogP contribution in [0.25, 0.3) is 0 Å². The minimum absolute atomic E-state index is 0. The van der Waals surface area contributed by atoms with E-state index < -0.39 is 0 Å². The molecule has 0 aromatic heterocycles. The Morgan fingerprint density at radius 1 is 1.00 bits per heavy atom. The molecule has 0 spiro atoms. The Morgan fingerprint density at radius 2 is 1.68 bits per heavy atom. The molecule has 0 unspecified atom stereocenters. The second-order valence-electron chi connectivity index (χ2n) is 5.26. The predicted octanol–water partition coefficient (Wildman–Crippen LogP) is 4.16. The Bertz CT molecular complexity index is 620. The molecule has 0 saturated carbocycles. The zero-order chi connectivity index (χ0) is 17.0. The van der Waals surface area contributed by atoms with Crippen molar-refractivity contribution in [1.29, 1.82) is 0 Å². The molecule has 0 amide bonds. The summed E-state index contributed by atoms with van der Waals surface area (Å²) in [7, 11) is 3.50. The van der Waals surface area contributed by atoms with Crippen molar-refractivity contribution in [2.75, 3.05) is 27.3 Å². The van der Waals surface area contributed by atoms with Gasteiger partial charge < -0.3 is 15.4 Å². The first-order valence-corrected chi connectivity index (χ1v) is 8.89. The third-order valence-corrected chi connectivity index (χ3v) is 4.42. The van der Waals surface area contributed by atoms with E-state index in [1.807, 2.05) is 6.07 Å². The van der Waals surface area contributed by atoms with Gasteiger partial charge in [0.25, 0.3) is 0 Å². The lowest BCUT2D eigenvalue weighted by molar-refractivity contribution is 0.195. The average Bonchev–Trinajstić information content (AvgIpc) is 2.63. The number of rotatable bonds is 8. The van der Waals surface area contributed by atoms with Gasteiger partial charge in [0.05, 0.1) is 0 Å². The highest BCUT2D eigenvalue weighted by Gasteiger charge is 2.00. The van der Waals surface area contributed by atoms with Gasteiger partial charge in [0, 0.05) is 43.6 Å². The topological polar surface area (TPSA) is 45.7 Å². The summed E-state index contributed by atoms with van der Waals surface area (Å²) in [6.45, 7) is 2.35. The van der Waals surface area contributed by atoms with Crippen LogP contribution in [0, 0.1) is 0 Å². The van der Waals surface area contributed by atoms with Gasteiger partial charge in [-0.15, -0.1) is 24.0 Å². The first-order chi connectivity index (χ1) is 11.8. The highest BCUT2D eigenvalue weighted by Crippen LogP contribution is 2.27. The SMILES string of the molecule is CN=C(NCCCOC)NCc1ccc(Sc2ccccc2)cc1.I. The maximum atomic E-state index is 5.04. The highest BCUT2D eigenvalue weighted by atomic mass is 127. The third-order valence-electron chi connectivity index (χ3n) is 3.40. The quantitative estimate of drug-likeness (QED) is 0.263. The van der Waals surface area contributed by atoms with Gasteiger partial charge in [0.1, 0.15) is 0 Å². The number of ether oxygens (including phenoxy) is 1. The van der Waals surface area contributed by atoms with Crippen LogP contribution in [0.15, 0.2) is 69.4 Å². The molecule has 0 bridgehead atoms. The van der Waals surface area contributed by atoms with Crippen LogP contribution in [0.3, 0.4) is 0 Å². The number of nitrogens with zero attached hydrogens (tertiary/aromatic N) is 1. The number of guanidine groups is 1. The molecule has 2 aromatic rings. The van der Waals surface area contributed by atoms with Crippen molar-refractivity contribution in [2.24, 2.45) is 4.99 Å². The van der Waals surface area contributed by atoms with Crippen LogP contribution in [0.2, 0.25) is 0 Å². The number of hydrogen-bond acceptors (Lipinski definition) is 3. The fourth-order valence-electron chi connectivity index (χ4n) is 2.13. The zero-order valence-electron chi connectivity index (χ0n) is 14.7. The fourth-order valence-corrected chi connectivity index (χ4v) is 2.97. The van der Waals surface area contributed by atoms with Crippen molar-refractivity contribution in [3.8, 4) is 0 Å². The van der Waals surface area contributed by atoms with Gasteiger partial charge >= 0.3 is 0 Å². The van der Waals surface area contributed by atoms with Gasteiger partial charge in [0.15, 0.2) is 5.96 Å². The van der Waals surface area contributed by atoms with E-state index in [4.69, 9.17) is 4.74 Å². The molecule has 2 aromatic carbocycles. The minimum Gasteiger partial charge on any atom is -0.385 e. The largest absolute Gasteiger partial charge is 0.385 e. The van der Waals surface area contributed by atoms with Crippen molar-refractivity contribution in [3.05, 3.63) is 60.2 Å². The lowest BCUT2D eigenvalue weighted by Crippen LogP contribution is -2.37. The number of aliphatic imine (C=N–C) groups is 1. The lowest BCUT2D eigenvalue weighted by atomic mass is 10.2. The van der Waals surface area contributed by atoms with E-state index >= 15 is 0 Å². The van der Waals surface area contributed by atoms with Gasteiger partial charge in [0.2, 0.25) is 0 Å². The summed E-state index contributed by atoms with van der Waals surface area (Å²) >= 11 is 1.77. The molecule has 6 heteroatoms. The summed E-state index contributed by atoms with van der Waals surface area (Å²) in [6, 6.07) is 19.0. The van der Waals surface area contributed by atoms with E-state index in [1.165, 1.54) is 15.4 Å². The van der Waals surface area contributed by atoms with Crippen molar-refractivity contribution >= 4 is 41.7 Å². The molecule has 0 fully saturated rings. The highest BCUT2D eigenvalue weighted by molar-refractivity contribution is 14.0. The van der Waals surface area contributed by atoms with Crippen LogP contribution >= 0.6 is 35.7 Å². The van der Waals surface area contributed by atoms with Crippen molar-refractivity contribution in [1.82, 2.24) is 10.6 Å². The average molecular weight is 471 g/mol. The molecule has 0 atom stereocenters. The lowest BCUT2D eigenvalue weighted by Gasteiger charge is -2.12. The van der Waals surface area contributed by atoms with Crippen LogP contribution in [0.4, 0.5) is 0 Å². The van der Waals surface area contributed by atoms with E-state index in [0.717, 1.165) is 32.1 Å². The van der Waals surface area contributed by atoms with Gasteiger partial charge in [-0.3, -0.25) is 4.99 Å². The van der Waals surface area contributed by atoms with Gasteiger partial charge in [-0.05, 0) is 36.2 Å². The number of nitrogens with one attached hydrogen (secondary N) is 2. The summed E-state index contributed by atoms with van der Waals surface area (Å²) < 4.78 is 5.04. The number of methoxy groups -OCH3 is 1. The molecule has 136 valence electrons. The second-order valence-corrected chi connectivity index (χ2v) is 6.40. The fraction of sp³-hybridized carbons (Fsp3) is 0.316. The summed E-state index contributed by atoms with van der Waals surface area (Å²) in [4.78, 5) is 6.72. The molecule has 0 heterocycles. The molecule has 0 aliphatic carbocycles. The Hall–Kier alpha value is -1.25. The molecule has 2 rings (SSSR count). The van der Waals surface area contributed by atoms with Gasteiger partial charge in [-0.2, -0.15) is 0 Å². The Labute approximate surface area is 171 Å². The first-order valence-electron chi connectivity index (χ1n) is 8.07. The molecule has 0 radical (unpaired) electrons. The van der Waals surface area contributed by atoms with Crippen LogP contribution in [-0.4, -0.2) is 33.3 Å². The van der Waals surface area contributed by atoms with Crippen LogP contribution in [-0.2, 0) is 11.3 Å². The number of halogens is 1. The zero-order valence-corrected chi connectivity index (χ0v) is 17.8. The monoisotopic (exact) mass is 471 g/mol. The maximum Gasteiger partial charge on any atom is 0.191 e. The van der Waals surface area contributed by atoms with E-state index in [9.17, 15) is 0 Å². The van der Waals surface area contributed by atoms with Crippen molar-refractivity contribution < 1.29 is 4.74 Å². The van der Waals surface area contributed by atoms with E-state index in [-0.39, 0.29) is 24.0 Å². The Kier molecular flexibility index (Phi) is 11.3. The molecular formula is C19H26IN3OS. The Balaban J connectivity index is 0.00000312. The standard InChI is InChI=1S/C19H25N3OS.HI/c1-20-19(21-13-6-14-23-2)22-15-16-9-11-18(12-10-16)24-17-7-4-3-5-8-17;/h3-5,7-12H,6,13-15H2,1-2H3,(H2,20,21,22);1H. The predicted molar refractivity (Wildman–Crippen MR) is 117 cm³/mol. The molecular weight excluding hydrogens is 445 g/mol. The van der Waals surface area contributed by atoms with E-state index in [2.05, 4.69) is 64.2 Å². The third kappa shape index (κ3) is 8.60. The number of benzene rings is 2. The molecule has 0 saturated heterocycles. The van der Waals surface area contributed by atoms with E-state index in [1.54, 1.807) is 25.9 Å². The van der Waals surface area contributed by atoms with Gasteiger partial charge in [-0.25, -0.2) is 0 Å². The van der Waals surface area contributed by atoms with Crippen LogP contribution in [0.5, 0.6) is 0 Å². The summed E-state index contributed by atoms with van der Waals surface area (Å²) in [5, 5.41) is 6.60. The van der Waals surface area contributed by atoms with Crippen LogP contribution < -0.4 is 10.6 Å². The van der Waals surface area contributed by atoms with Crippen molar-refractivity contribution in [3.63, 3.8) is 0 Å². The van der Waals surface area contributed by atoms with E-state index in [0.29, 0.717) is 0 Å². The summed E-state index contributed by atoms with van der Waals surface area (Å²) in [6.07, 6.45) is 0.961. The smallest absolute Gasteiger partial charge is 0.191 e. The number of hydrogen-bond donors (Lipinski definition) is 2. The first kappa shape index (κ1) is 21.8. The molecule has 0 aliphatic heterocycles. The second kappa shape index (κ2) is 13.0. The van der Waals surface area contributed by atoms with Gasteiger partial charge in [-0.1, -0.05) is 42.1 Å². The Morgan fingerprint density at radius 3 is 2.32 bits per heavy atom. The minimum atomic E-state index is 0. The molecule has 2 N–H and O–H groups in total. The van der Waals surface area contributed by atoms with Crippen LogP contribution in [0.1, 0.15) is 12.0 Å².